The molecule has 2 rings (SSSR count). The molecule has 0 saturated heterocycles. The van der Waals surface area contributed by atoms with E-state index in [-0.39, 0.29) is 12.7 Å². The van der Waals surface area contributed by atoms with Gasteiger partial charge in [-0.3, -0.25) is 9.78 Å². The second-order valence-corrected chi connectivity index (χ2v) is 4.83. The molecule has 0 bridgehead atoms. The van der Waals surface area contributed by atoms with E-state index >= 15 is 0 Å². The fourth-order valence-electron chi connectivity index (χ4n) is 2.29. The topological polar surface area (TPSA) is 78.9 Å². The Hall–Kier alpha value is -2.80. The van der Waals surface area contributed by atoms with Crippen LogP contribution < -0.4 is 19.5 Å². The molecule has 0 aliphatic heterocycles. The van der Waals surface area contributed by atoms with E-state index in [1.54, 1.807) is 31.6 Å². The standard InChI is InChI=1S/C17H20N2O5/c1-11(20)19-14-9-18-8-7-12(14)13-5-6-15(22-3)17(23-4)16(13)24-10-21-2/h5-9H,10H2,1-4H3,(H,19,20). The maximum atomic E-state index is 11.4. The molecule has 24 heavy (non-hydrogen) atoms. The third-order valence-corrected chi connectivity index (χ3v) is 3.24. The minimum atomic E-state index is -0.191. The Morgan fingerprint density at radius 2 is 1.88 bits per heavy atom. The van der Waals surface area contributed by atoms with E-state index in [1.807, 2.05) is 6.07 Å². The molecule has 7 nitrogen and oxygen atoms in total. The fourth-order valence-corrected chi connectivity index (χ4v) is 2.29. The van der Waals surface area contributed by atoms with E-state index in [0.717, 1.165) is 11.1 Å². The highest BCUT2D eigenvalue weighted by Gasteiger charge is 2.20. The molecule has 1 heterocycles. The average molecular weight is 332 g/mol. The van der Waals surface area contributed by atoms with Crippen LogP contribution in [0.5, 0.6) is 17.2 Å². The van der Waals surface area contributed by atoms with E-state index in [2.05, 4.69) is 10.3 Å². The van der Waals surface area contributed by atoms with Gasteiger partial charge in [-0.2, -0.15) is 0 Å². The van der Waals surface area contributed by atoms with Crippen LogP contribution in [0.3, 0.4) is 0 Å². The molecule has 2 aromatic rings. The van der Waals surface area contributed by atoms with Crippen molar-refractivity contribution < 1.29 is 23.7 Å². The van der Waals surface area contributed by atoms with Gasteiger partial charge in [-0.25, -0.2) is 0 Å². The maximum Gasteiger partial charge on any atom is 0.221 e. The summed E-state index contributed by atoms with van der Waals surface area (Å²) in [5, 5.41) is 2.76. The van der Waals surface area contributed by atoms with Gasteiger partial charge >= 0.3 is 0 Å². The summed E-state index contributed by atoms with van der Waals surface area (Å²) in [6, 6.07) is 5.38. The third-order valence-electron chi connectivity index (χ3n) is 3.24. The van der Waals surface area contributed by atoms with Crippen LogP contribution >= 0.6 is 0 Å². The number of carbonyl (C=O) groups excluding carboxylic acids is 1. The van der Waals surface area contributed by atoms with Gasteiger partial charge in [0.1, 0.15) is 0 Å². The number of aromatic nitrogens is 1. The Morgan fingerprint density at radius 3 is 2.50 bits per heavy atom. The van der Waals surface area contributed by atoms with Gasteiger partial charge < -0.3 is 24.3 Å². The van der Waals surface area contributed by atoms with Crippen LogP contribution in [0.4, 0.5) is 5.69 Å². The number of ether oxygens (including phenoxy) is 4. The molecule has 0 aliphatic carbocycles. The van der Waals surface area contributed by atoms with Crippen LogP contribution in [0.15, 0.2) is 30.6 Å². The Bertz CT molecular complexity index is 718. The molecule has 0 atom stereocenters. The van der Waals surface area contributed by atoms with Gasteiger partial charge in [0.25, 0.3) is 0 Å². The van der Waals surface area contributed by atoms with Crippen LogP contribution in [0.1, 0.15) is 6.92 Å². The lowest BCUT2D eigenvalue weighted by Gasteiger charge is -2.18. The monoisotopic (exact) mass is 332 g/mol. The molecule has 1 aromatic carbocycles. The Labute approximate surface area is 140 Å². The van der Waals surface area contributed by atoms with E-state index in [0.29, 0.717) is 22.9 Å². The second-order valence-electron chi connectivity index (χ2n) is 4.83. The summed E-state index contributed by atoms with van der Waals surface area (Å²) in [4.78, 5) is 15.5. The lowest BCUT2D eigenvalue weighted by Crippen LogP contribution is -2.08. The smallest absolute Gasteiger partial charge is 0.221 e. The molecule has 0 saturated carbocycles. The number of carbonyl (C=O) groups is 1. The van der Waals surface area contributed by atoms with Crippen molar-refractivity contribution >= 4 is 11.6 Å². The largest absolute Gasteiger partial charge is 0.493 e. The van der Waals surface area contributed by atoms with E-state index < -0.39 is 0 Å². The predicted octanol–water partition coefficient (Wildman–Crippen LogP) is 2.71. The summed E-state index contributed by atoms with van der Waals surface area (Å²) in [5.41, 5.74) is 2.03. The molecule has 0 fully saturated rings. The van der Waals surface area contributed by atoms with Crippen molar-refractivity contribution in [2.24, 2.45) is 0 Å². The third kappa shape index (κ3) is 3.75. The molecular weight excluding hydrogens is 312 g/mol. The van der Waals surface area contributed by atoms with Crippen molar-refractivity contribution in [2.75, 3.05) is 33.4 Å². The first-order valence-corrected chi connectivity index (χ1v) is 7.21. The summed E-state index contributed by atoms with van der Waals surface area (Å²) < 4.78 is 21.5. The number of hydrogen-bond donors (Lipinski definition) is 1. The van der Waals surface area contributed by atoms with Gasteiger partial charge in [0, 0.05) is 31.4 Å². The van der Waals surface area contributed by atoms with Gasteiger partial charge in [0.15, 0.2) is 18.3 Å². The zero-order valence-electron chi connectivity index (χ0n) is 14.1. The van der Waals surface area contributed by atoms with E-state index in [4.69, 9.17) is 18.9 Å². The number of methoxy groups -OCH3 is 3. The van der Waals surface area contributed by atoms with Gasteiger partial charge in [-0.05, 0) is 18.2 Å². The second kappa shape index (κ2) is 8.16. The van der Waals surface area contributed by atoms with Crippen LogP contribution in [-0.2, 0) is 9.53 Å². The molecule has 1 N–H and O–H groups in total. The Morgan fingerprint density at radius 1 is 1.08 bits per heavy atom. The molecule has 128 valence electrons. The van der Waals surface area contributed by atoms with Gasteiger partial charge in [0.2, 0.25) is 11.7 Å². The minimum absolute atomic E-state index is 0.0388. The van der Waals surface area contributed by atoms with Gasteiger partial charge in [-0.1, -0.05) is 0 Å². The molecular formula is C17H20N2O5. The molecule has 1 amide bonds. The number of anilines is 1. The molecule has 0 spiro atoms. The number of hydrogen-bond acceptors (Lipinski definition) is 6. The SMILES string of the molecule is COCOc1c(-c2ccncc2NC(C)=O)ccc(OC)c1OC. The number of benzene rings is 1. The van der Waals surface area contributed by atoms with Crippen LogP contribution in [-0.4, -0.2) is 39.0 Å². The number of nitrogens with one attached hydrogen (secondary N) is 1. The van der Waals surface area contributed by atoms with Crippen LogP contribution in [0.2, 0.25) is 0 Å². The maximum absolute atomic E-state index is 11.4. The normalized spacial score (nSPS) is 10.2. The highest BCUT2D eigenvalue weighted by molar-refractivity contribution is 5.95. The van der Waals surface area contributed by atoms with Gasteiger partial charge in [0.05, 0.1) is 26.1 Å². The van der Waals surface area contributed by atoms with Crippen molar-refractivity contribution in [3.8, 4) is 28.4 Å². The quantitative estimate of drug-likeness (QED) is 0.786. The first kappa shape index (κ1) is 17.6. The lowest BCUT2D eigenvalue weighted by molar-refractivity contribution is -0.114. The van der Waals surface area contributed by atoms with E-state index in [9.17, 15) is 4.79 Å². The molecule has 7 heteroatoms. The van der Waals surface area contributed by atoms with Crippen LogP contribution in [0.25, 0.3) is 11.1 Å². The first-order valence-electron chi connectivity index (χ1n) is 7.21. The molecule has 0 aliphatic rings. The Balaban J connectivity index is 2.63. The zero-order chi connectivity index (χ0) is 17.5. The average Bonchev–Trinajstić information content (AvgIpc) is 2.59. The molecule has 0 radical (unpaired) electrons. The van der Waals surface area contributed by atoms with Crippen molar-refractivity contribution in [3.05, 3.63) is 30.6 Å². The number of rotatable bonds is 7. The lowest BCUT2D eigenvalue weighted by atomic mass is 10.0. The molecule has 0 unspecified atom stereocenters. The van der Waals surface area contributed by atoms with Crippen molar-refractivity contribution in [1.82, 2.24) is 4.98 Å². The minimum Gasteiger partial charge on any atom is -0.493 e. The van der Waals surface area contributed by atoms with Gasteiger partial charge in [-0.15, -0.1) is 0 Å². The van der Waals surface area contributed by atoms with Crippen molar-refractivity contribution in [1.29, 1.82) is 0 Å². The summed E-state index contributed by atoms with van der Waals surface area (Å²) in [5.74, 6) is 1.24. The number of amides is 1. The molecule has 1 aromatic heterocycles. The Kier molecular flexibility index (Phi) is 5.97. The first-order chi connectivity index (χ1) is 11.6. The van der Waals surface area contributed by atoms with E-state index in [1.165, 1.54) is 21.1 Å². The summed E-state index contributed by atoms with van der Waals surface area (Å²) in [7, 11) is 4.61. The number of pyridine rings is 1. The summed E-state index contributed by atoms with van der Waals surface area (Å²) in [6.07, 6.45) is 3.21. The summed E-state index contributed by atoms with van der Waals surface area (Å²) >= 11 is 0. The highest BCUT2D eigenvalue weighted by atomic mass is 16.7. The van der Waals surface area contributed by atoms with Crippen LogP contribution in [0, 0.1) is 0 Å². The van der Waals surface area contributed by atoms with Crippen molar-refractivity contribution in [3.63, 3.8) is 0 Å². The zero-order valence-corrected chi connectivity index (χ0v) is 14.1. The fraction of sp³-hybridized carbons (Fsp3) is 0.294. The summed E-state index contributed by atoms with van der Waals surface area (Å²) in [6.45, 7) is 1.48. The highest BCUT2D eigenvalue weighted by Crippen LogP contribution is 2.46. The predicted molar refractivity (Wildman–Crippen MR) is 89.6 cm³/mol. The number of nitrogens with zero attached hydrogens (tertiary/aromatic N) is 1. The van der Waals surface area contributed by atoms with Crippen molar-refractivity contribution in [2.45, 2.75) is 6.92 Å².